The van der Waals surface area contributed by atoms with Crippen molar-refractivity contribution < 1.29 is 4.42 Å². The van der Waals surface area contributed by atoms with Gasteiger partial charge in [-0.1, -0.05) is 6.07 Å². The quantitative estimate of drug-likeness (QED) is 0.295. The van der Waals surface area contributed by atoms with E-state index in [-0.39, 0.29) is 24.0 Å². The van der Waals surface area contributed by atoms with Crippen molar-refractivity contribution in [2.45, 2.75) is 33.4 Å². The van der Waals surface area contributed by atoms with Crippen LogP contribution in [0.4, 0.5) is 0 Å². The van der Waals surface area contributed by atoms with E-state index < -0.39 is 0 Å². The van der Waals surface area contributed by atoms with Crippen molar-refractivity contribution in [1.82, 2.24) is 20.4 Å². The van der Waals surface area contributed by atoms with Crippen LogP contribution in [0.1, 0.15) is 27.6 Å². The predicted octanol–water partition coefficient (Wildman–Crippen LogP) is 3.79. The summed E-state index contributed by atoms with van der Waals surface area (Å²) >= 11 is 1.74. The largest absolute Gasteiger partial charge is 0.469 e. The van der Waals surface area contributed by atoms with Crippen LogP contribution >= 0.6 is 35.3 Å². The molecule has 3 heterocycles. The van der Waals surface area contributed by atoms with Gasteiger partial charge >= 0.3 is 0 Å². The van der Waals surface area contributed by atoms with Gasteiger partial charge in [0, 0.05) is 36.1 Å². The molecule has 3 aromatic heterocycles. The van der Waals surface area contributed by atoms with Crippen LogP contribution in [0.5, 0.6) is 0 Å². The average molecular weight is 499 g/mol. The van der Waals surface area contributed by atoms with Gasteiger partial charge in [0.2, 0.25) is 0 Å². The zero-order valence-corrected chi connectivity index (χ0v) is 19.0. The number of aryl methyl sites for hydroxylation is 2. The minimum absolute atomic E-state index is 0. The van der Waals surface area contributed by atoms with Crippen molar-refractivity contribution in [3.8, 4) is 0 Å². The molecule has 0 aromatic carbocycles. The number of thiophene rings is 1. The fourth-order valence-corrected chi connectivity index (χ4v) is 3.37. The Kier molecular flexibility index (Phi) is 8.36. The maximum Gasteiger partial charge on any atom is 0.191 e. The molecule has 0 unspecified atom stereocenters. The lowest BCUT2D eigenvalue weighted by Crippen LogP contribution is -2.38. The van der Waals surface area contributed by atoms with Crippen LogP contribution in [0.3, 0.4) is 0 Å². The minimum atomic E-state index is 0. The SMILES string of the molecule is Cc1nn(C)c(C)c1CN=C(NCCc1ccco1)NCc1cccs1.I. The van der Waals surface area contributed by atoms with Crippen LogP contribution in [-0.2, 0) is 26.6 Å². The fraction of sp³-hybridized carbons (Fsp3) is 0.368. The van der Waals surface area contributed by atoms with Crippen LogP contribution < -0.4 is 10.6 Å². The molecule has 0 aliphatic heterocycles. The van der Waals surface area contributed by atoms with E-state index >= 15 is 0 Å². The van der Waals surface area contributed by atoms with Gasteiger partial charge in [0.25, 0.3) is 0 Å². The standard InChI is InChI=1S/C19H25N5OS.HI/c1-14-18(15(2)24(3)23-14)13-22-19(21-12-17-7-5-11-26-17)20-9-8-16-6-4-10-25-16;/h4-7,10-11H,8-9,12-13H2,1-3H3,(H2,20,21,22);1H. The Balaban J connectivity index is 0.00000261. The fourth-order valence-electron chi connectivity index (χ4n) is 2.72. The van der Waals surface area contributed by atoms with Gasteiger partial charge in [-0.25, -0.2) is 4.99 Å². The van der Waals surface area contributed by atoms with Gasteiger partial charge in [0.05, 0.1) is 25.0 Å². The second-order valence-corrected chi connectivity index (χ2v) is 7.16. The number of hydrogen-bond donors (Lipinski definition) is 2. The monoisotopic (exact) mass is 499 g/mol. The number of aromatic nitrogens is 2. The molecular formula is C19H26IN5OS. The van der Waals surface area contributed by atoms with Crippen molar-refractivity contribution in [3.05, 3.63) is 63.5 Å². The van der Waals surface area contributed by atoms with Crippen LogP contribution in [0.2, 0.25) is 0 Å². The highest BCUT2D eigenvalue weighted by Gasteiger charge is 2.09. The van der Waals surface area contributed by atoms with E-state index in [9.17, 15) is 0 Å². The van der Waals surface area contributed by atoms with Crippen molar-refractivity contribution in [2.75, 3.05) is 6.54 Å². The van der Waals surface area contributed by atoms with Gasteiger partial charge in [-0.3, -0.25) is 4.68 Å². The van der Waals surface area contributed by atoms with Gasteiger partial charge in [0.15, 0.2) is 5.96 Å². The van der Waals surface area contributed by atoms with Gasteiger partial charge < -0.3 is 15.1 Å². The highest BCUT2D eigenvalue weighted by molar-refractivity contribution is 14.0. The summed E-state index contributed by atoms with van der Waals surface area (Å²) in [6.45, 7) is 6.23. The molecule has 0 aliphatic rings. The lowest BCUT2D eigenvalue weighted by Gasteiger charge is -2.12. The highest BCUT2D eigenvalue weighted by Crippen LogP contribution is 2.13. The molecular weight excluding hydrogens is 473 g/mol. The number of rotatable bonds is 7. The second kappa shape index (κ2) is 10.5. The summed E-state index contributed by atoms with van der Waals surface area (Å²) in [6, 6.07) is 8.08. The number of hydrogen-bond acceptors (Lipinski definition) is 4. The van der Waals surface area contributed by atoms with Crippen molar-refractivity contribution in [2.24, 2.45) is 12.0 Å². The molecule has 0 bridgehead atoms. The number of aliphatic imine (C=N–C) groups is 1. The maximum absolute atomic E-state index is 5.39. The Morgan fingerprint density at radius 2 is 2.11 bits per heavy atom. The highest BCUT2D eigenvalue weighted by atomic mass is 127. The van der Waals surface area contributed by atoms with E-state index in [1.807, 2.05) is 30.8 Å². The molecule has 0 saturated heterocycles. The Labute approximate surface area is 181 Å². The first-order valence-corrected chi connectivity index (χ1v) is 9.57. The van der Waals surface area contributed by atoms with Crippen LogP contribution in [-0.4, -0.2) is 22.3 Å². The summed E-state index contributed by atoms with van der Waals surface area (Å²) in [4.78, 5) is 6.04. The van der Waals surface area contributed by atoms with Crippen LogP contribution in [0.25, 0.3) is 0 Å². The smallest absolute Gasteiger partial charge is 0.191 e. The van der Waals surface area contributed by atoms with E-state index in [1.165, 1.54) is 10.4 Å². The summed E-state index contributed by atoms with van der Waals surface area (Å²) in [7, 11) is 1.97. The van der Waals surface area contributed by atoms with Crippen LogP contribution in [0, 0.1) is 13.8 Å². The van der Waals surface area contributed by atoms with E-state index in [1.54, 1.807) is 17.6 Å². The topological polar surface area (TPSA) is 67.4 Å². The molecule has 0 spiro atoms. The first-order valence-electron chi connectivity index (χ1n) is 8.69. The second-order valence-electron chi connectivity index (χ2n) is 6.13. The molecule has 8 heteroatoms. The molecule has 0 radical (unpaired) electrons. The summed E-state index contributed by atoms with van der Waals surface area (Å²) in [5.74, 6) is 1.77. The molecule has 0 fully saturated rings. The average Bonchev–Trinajstić information content (AvgIpc) is 3.36. The lowest BCUT2D eigenvalue weighted by atomic mass is 10.2. The Bertz CT molecular complexity index is 840. The van der Waals surface area contributed by atoms with E-state index in [2.05, 4.69) is 40.2 Å². The number of guanidine groups is 1. The summed E-state index contributed by atoms with van der Waals surface area (Å²) in [5, 5.41) is 13.4. The molecule has 3 aromatic rings. The van der Waals surface area contributed by atoms with Gasteiger partial charge in [0.1, 0.15) is 5.76 Å². The van der Waals surface area contributed by atoms with Crippen molar-refractivity contribution >= 4 is 41.3 Å². The summed E-state index contributed by atoms with van der Waals surface area (Å²) in [6.07, 6.45) is 2.52. The number of furan rings is 1. The Morgan fingerprint density at radius 3 is 2.74 bits per heavy atom. The third-order valence-electron chi connectivity index (χ3n) is 4.31. The van der Waals surface area contributed by atoms with E-state index in [0.29, 0.717) is 6.54 Å². The third-order valence-corrected chi connectivity index (χ3v) is 5.18. The summed E-state index contributed by atoms with van der Waals surface area (Å²) < 4.78 is 7.29. The number of halogens is 1. The predicted molar refractivity (Wildman–Crippen MR) is 121 cm³/mol. The normalized spacial score (nSPS) is 11.3. The molecule has 27 heavy (non-hydrogen) atoms. The zero-order valence-electron chi connectivity index (χ0n) is 15.9. The molecule has 6 nitrogen and oxygen atoms in total. The van der Waals surface area contributed by atoms with Crippen LogP contribution in [0.15, 0.2) is 45.3 Å². The third kappa shape index (κ3) is 6.10. The molecule has 146 valence electrons. The van der Waals surface area contributed by atoms with Crippen molar-refractivity contribution in [1.29, 1.82) is 0 Å². The Morgan fingerprint density at radius 1 is 1.26 bits per heavy atom. The zero-order chi connectivity index (χ0) is 18.4. The maximum atomic E-state index is 5.39. The van der Waals surface area contributed by atoms with Crippen molar-refractivity contribution in [3.63, 3.8) is 0 Å². The molecule has 2 N–H and O–H groups in total. The minimum Gasteiger partial charge on any atom is -0.469 e. The van der Waals surface area contributed by atoms with E-state index in [4.69, 9.17) is 9.41 Å². The first-order chi connectivity index (χ1) is 12.6. The molecule has 0 atom stereocenters. The van der Waals surface area contributed by atoms with E-state index in [0.717, 1.165) is 42.6 Å². The van der Waals surface area contributed by atoms with Gasteiger partial charge in [-0.15, -0.1) is 35.3 Å². The van der Waals surface area contributed by atoms with Gasteiger partial charge in [-0.05, 0) is 37.4 Å². The molecule has 0 amide bonds. The number of nitrogens with zero attached hydrogens (tertiary/aromatic N) is 3. The molecule has 3 rings (SSSR count). The first kappa shape index (κ1) is 21.5. The summed E-state index contributed by atoms with van der Waals surface area (Å²) in [5.41, 5.74) is 3.36. The van der Waals surface area contributed by atoms with Gasteiger partial charge in [-0.2, -0.15) is 5.10 Å². The lowest BCUT2D eigenvalue weighted by molar-refractivity contribution is 0.506. The Hall–Kier alpha value is -1.81. The number of nitrogens with one attached hydrogen (secondary N) is 2. The molecule has 0 aliphatic carbocycles. The molecule has 0 saturated carbocycles.